The van der Waals surface area contributed by atoms with Gasteiger partial charge in [-0.05, 0) is 54.2 Å². The molecule has 1 aliphatic carbocycles. The highest BCUT2D eigenvalue weighted by molar-refractivity contribution is 7.22. The van der Waals surface area contributed by atoms with E-state index in [2.05, 4.69) is 9.97 Å². The van der Waals surface area contributed by atoms with Crippen molar-refractivity contribution in [3.8, 4) is 22.1 Å². The van der Waals surface area contributed by atoms with E-state index in [-0.39, 0.29) is 18.0 Å². The van der Waals surface area contributed by atoms with Gasteiger partial charge in [0.2, 0.25) is 0 Å². The lowest BCUT2D eigenvalue weighted by molar-refractivity contribution is -0.118. The summed E-state index contributed by atoms with van der Waals surface area (Å²) in [5.41, 5.74) is 2.95. The zero-order chi connectivity index (χ0) is 28.1. The van der Waals surface area contributed by atoms with Crippen LogP contribution in [0.1, 0.15) is 30.4 Å². The molecule has 0 aliphatic heterocycles. The first-order chi connectivity index (χ1) is 19.4. The maximum Gasteiger partial charge on any atom is 0.409 e. The van der Waals surface area contributed by atoms with Gasteiger partial charge in [-0.2, -0.15) is 0 Å². The van der Waals surface area contributed by atoms with Gasteiger partial charge in [0.15, 0.2) is 11.6 Å². The van der Waals surface area contributed by atoms with Gasteiger partial charge in [-0.3, -0.25) is 14.8 Å². The van der Waals surface area contributed by atoms with Crippen LogP contribution in [0.4, 0.5) is 9.18 Å². The molecule has 1 fully saturated rings. The Balaban J connectivity index is 1.30. The molecule has 208 valence electrons. The van der Waals surface area contributed by atoms with Gasteiger partial charge in [0, 0.05) is 45.0 Å². The number of hydrogen-bond donors (Lipinski definition) is 0. The second-order valence-electron chi connectivity index (χ2n) is 9.80. The van der Waals surface area contributed by atoms with E-state index in [1.54, 1.807) is 42.6 Å². The molecule has 0 radical (unpaired) electrons. The topological polar surface area (TPSA) is 90.9 Å². The molecule has 40 heavy (non-hydrogen) atoms. The van der Waals surface area contributed by atoms with Crippen molar-refractivity contribution >= 4 is 33.4 Å². The van der Waals surface area contributed by atoms with Crippen LogP contribution in [0.25, 0.3) is 20.8 Å². The molecule has 4 aromatic rings. The fourth-order valence-corrected chi connectivity index (χ4v) is 5.41. The molecule has 3 aromatic heterocycles. The summed E-state index contributed by atoms with van der Waals surface area (Å²) in [7, 11) is 2.93. The number of rotatable bonds is 12. The Morgan fingerprint density at radius 3 is 2.58 bits per heavy atom. The highest BCUT2D eigenvalue weighted by Crippen LogP contribution is 2.39. The van der Waals surface area contributed by atoms with Crippen LogP contribution in [-0.4, -0.2) is 54.1 Å². The Kier molecular flexibility index (Phi) is 8.66. The standard InChI is InChI=1S/C30H30FN3O5S/c1-37-12-11-34(30(36)38-2)18-21-5-7-24(33-17-21)28-16-25-29(40-28)27(9-10-32-25)39-26-8-6-20(15-23(26)31)14-22(35)13-19-3-4-19/h5-10,15-17,19H,3-4,11-14,18H2,1-2H3. The highest BCUT2D eigenvalue weighted by Gasteiger charge is 2.24. The summed E-state index contributed by atoms with van der Waals surface area (Å²) in [4.78, 5) is 35.7. The van der Waals surface area contributed by atoms with Gasteiger partial charge in [-0.15, -0.1) is 11.3 Å². The second kappa shape index (κ2) is 12.5. The number of pyridine rings is 2. The zero-order valence-corrected chi connectivity index (χ0v) is 23.2. The molecule has 3 heterocycles. The number of fused-ring (bicyclic) bond motifs is 1. The van der Waals surface area contributed by atoms with Crippen molar-refractivity contribution < 1.29 is 28.2 Å². The maximum absolute atomic E-state index is 14.9. The molecule has 0 atom stereocenters. The minimum absolute atomic E-state index is 0.0898. The van der Waals surface area contributed by atoms with Gasteiger partial charge in [0.1, 0.15) is 11.5 Å². The monoisotopic (exact) mass is 563 g/mol. The Labute approximate surface area is 235 Å². The van der Waals surface area contributed by atoms with E-state index in [9.17, 15) is 14.0 Å². The Morgan fingerprint density at radius 1 is 1.05 bits per heavy atom. The molecule has 8 nitrogen and oxygen atoms in total. The van der Waals surface area contributed by atoms with Crippen molar-refractivity contribution in [2.75, 3.05) is 27.4 Å². The van der Waals surface area contributed by atoms with E-state index in [0.29, 0.717) is 48.9 Å². The van der Waals surface area contributed by atoms with Gasteiger partial charge >= 0.3 is 6.09 Å². The Bertz CT molecular complexity index is 1500. The van der Waals surface area contributed by atoms with Crippen LogP contribution in [0.15, 0.2) is 54.9 Å². The number of carbonyl (C=O) groups excluding carboxylic acids is 2. The number of Topliss-reactive ketones (excluding diaryl/α,β-unsaturated/α-hetero) is 1. The lowest BCUT2D eigenvalue weighted by Gasteiger charge is -2.20. The highest BCUT2D eigenvalue weighted by atomic mass is 32.1. The SMILES string of the molecule is COCCN(Cc1ccc(-c2cc3nccc(Oc4ccc(CC(=O)CC5CC5)cc4F)c3s2)nc1)C(=O)OC. The first kappa shape index (κ1) is 27.7. The van der Waals surface area contributed by atoms with Crippen molar-refractivity contribution in [2.24, 2.45) is 5.92 Å². The number of halogens is 1. The average molecular weight is 564 g/mol. The summed E-state index contributed by atoms with van der Waals surface area (Å²) in [5.74, 6) is 0.724. The van der Waals surface area contributed by atoms with E-state index in [4.69, 9.17) is 14.2 Å². The van der Waals surface area contributed by atoms with Crippen LogP contribution in [0.5, 0.6) is 11.5 Å². The van der Waals surface area contributed by atoms with Crippen LogP contribution in [0.2, 0.25) is 0 Å². The summed E-state index contributed by atoms with van der Waals surface area (Å²) in [6, 6.07) is 12.1. The van der Waals surface area contributed by atoms with Gasteiger partial charge in [-0.25, -0.2) is 9.18 Å². The smallest absolute Gasteiger partial charge is 0.409 e. The van der Waals surface area contributed by atoms with E-state index in [1.165, 1.54) is 24.5 Å². The number of ether oxygens (including phenoxy) is 3. The number of aromatic nitrogens is 2. The van der Waals surface area contributed by atoms with Crippen LogP contribution in [0.3, 0.4) is 0 Å². The fraction of sp³-hybridized carbons (Fsp3) is 0.333. The predicted octanol–water partition coefficient (Wildman–Crippen LogP) is 6.42. The first-order valence-electron chi connectivity index (χ1n) is 13.1. The van der Waals surface area contributed by atoms with Gasteiger partial charge < -0.3 is 19.1 Å². The quantitative estimate of drug-likeness (QED) is 0.197. The second-order valence-corrected chi connectivity index (χ2v) is 10.9. The number of amides is 1. The number of benzene rings is 1. The summed E-state index contributed by atoms with van der Waals surface area (Å²) in [6.07, 6.45) is 5.95. The summed E-state index contributed by atoms with van der Waals surface area (Å²) < 4.78 is 31.6. The van der Waals surface area contributed by atoms with Crippen molar-refractivity contribution in [1.82, 2.24) is 14.9 Å². The van der Waals surface area contributed by atoms with Crippen LogP contribution in [0, 0.1) is 11.7 Å². The number of ketones is 1. The molecule has 1 aromatic carbocycles. The number of hydrogen-bond acceptors (Lipinski definition) is 8. The van der Waals surface area contributed by atoms with Crippen molar-refractivity contribution in [3.63, 3.8) is 0 Å². The van der Waals surface area contributed by atoms with E-state index < -0.39 is 11.9 Å². The van der Waals surface area contributed by atoms with Crippen LogP contribution in [-0.2, 0) is 27.2 Å². The fourth-order valence-electron chi connectivity index (χ4n) is 4.37. The van der Waals surface area contributed by atoms with Gasteiger partial charge in [0.05, 0.1) is 41.0 Å². The largest absolute Gasteiger partial charge is 0.453 e. The molecule has 0 saturated heterocycles. The van der Waals surface area contributed by atoms with E-state index in [1.807, 2.05) is 18.2 Å². The van der Waals surface area contributed by atoms with Crippen molar-refractivity contribution in [3.05, 3.63) is 71.8 Å². The van der Waals surface area contributed by atoms with E-state index in [0.717, 1.165) is 33.7 Å². The number of nitrogens with zero attached hydrogens (tertiary/aromatic N) is 3. The molecule has 1 aliphatic rings. The summed E-state index contributed by atoms with van der Waals surface area (Å²) in [5, 5.41) is 0. The zero-order valence-electron chi connectivity index (χ0n) is 22.4. The molecule has 0 bridgehead atoms. The number of thiophene rings is 1. The lowest BCUT2D eigenvalue weighted by atomic mass is 10.0. The summed E-state index contributed by atoms with van der Waals surface area (Å²) in [6.45, 7) is 1.14. The molecule has 1 amide bonds. The summed E-state index contributed by atoms with van der Waals surface area (Å²) >= 11 is 1.45. The minimum Gasteiger partial charge on any atom is -0.453 e. The Hall–Kier alpha value is -3.89. The normalized spacial score (nSPS) is 12.9. The van der Waals surface area contributed by atoms with E-state index >= 15 is 0 Å². The van der Waals surface area contributed by atoms with Gasteiger partial charge in [-0.1, -0.05) is 12.1 Å². The molecule has 5 rings (SSSR count). The number of methoxy groups -OCH3 is 2. The average Bonchev–Trinajstić information content (AvgIpc) is 3.65. The molecule has 1 saturated carbocycles. The van der Waals surface area contributed by atoms with Gasteiger partial charge in [0.25, 0.3) is 0 Å². The third kappa shape index (κ3) is 6.81. The molecular weight excluding hydrogens is 533 g/mol. The maximum atomic E-state index is 14.9. The Morgan fingerprint density at radius 2 is 1.88 bits per heavy atom. The lowest BCUT2D eigenvalue weighted by Crippen LogP contribution is -2.33. The first-order valence-corrected chi connectivity index (χ1v) is 13.9. The van der Waals surface area contributed by atoms with Crippen molar-refractivity contribution in [2.45, 2.75) is 32.2 Å². The number of carbonyl (C=O) groups is 2. The van der Waals surface area contributed by atoms with Crippen LogP contribution >= 0.6 is 11.3 Å². The third-order valence-corrected chi connectivity index (χ3v) is 7.82. The third-order valence-electron chi connectivity index (χ3n) is 6.66. The van der Waals surface area contributed by atoms with Crippen LogP contribution < -0.4 is 4.74 Å². The molecule has 0 unspecified atom stereocenters. The molecule has 0 N–H and O–H groups in total. The van der Waals surface area contributed by atoms with Crippen molar-refractivity contribution in [1.29, 1.82) is 0 Å². The minimum atomic E-state index is -0.512. The molecular formula is C30H30FN3O5S. The molecule has 0 spiro atoms. The molecule has 10 heteroatoms. The predicted molar refractivity (Wildman–Crippen MR) is 150 cm³/mol.